The molecule has 2 rings (SSSR count). The molecule has 1 N–H and O–H groups in total. The van der Waals surface area contributed by atoms with Crippen LogP contribution in [-0.4, -0.2) is 22.4 Å². The maximum atomic E-state index is 9.32. The molecule has 5 nitrogen and oxygen atoms in total. The van der Waals surface area contributed by atoms with Gasteiger partial charge in [0.15, 0.2) is 5.82 Å². The minimum atomic E-state index is -0.780. The third-order valence-corrected chi connectivity index (χ3v) is 2.44. The lowest BCUT2D eigenvalue weighted by atomic mass is 10.2. The highest BCUT2D eigenvalue weighted by molar-refractivity contribution is 6.30. The van der Waals surface area contributed by atoms with Gasteiger partial charge in [-0.3, -0.25) is 0 Å². The molecular formula is C11H11ClN2O3. The molecule has 6 heteroatoms. The Kier molecular flexibility index (Phi) is 3.31. The standard InChI is InChI=1S/C11H11ClN2O3/c1-6(15)10-13-11(17-14-10)8-5-7(12)3-4-9(8)16-2/h3-6,15H,1-2H3. The molecular weight excluding hydrogens is 244 g/mol. The second-order valence-corrected chi connectivity index (χ2v) is 3.91. The van der Waals surface area contributed by atoms with E-state index >= 15 is 0 Å². The van der Waals surface area contributed by atoms with Crippen molar-refractivity contribution in [2.24, 2.45) is 0 Å². The Balaban J connectivity index is 2.47. The molecule has 0 bridgehead atoms. The molecule has 0 aliphatic heterocycles. The number of aromatic nitrogens is 2. The van der Waals surface area contributed by atoms with Crippen LogP contribution in [-0.2, 0) is 0 Å². The first-order valence-electron chi connectivity index (χ1n) is 4.97. The third-order valence-electron chi connectivity index (χ3n) is 2.21. The number of nitrogens with zero attached hydrogens (tertiary/aromatic N) is 2. The Labute approximate surface area is 103 Å². The summed E-state index contributed by atoms with van der Waals surface area (Å²) in [6, 6.07) is 5.08. The number of aliphatic hydroxyl groups is 1. The first-order valence-corrected chi connectivity index (χ1v) is 5.35. The Bertz CT molecular complexity index is 525. The zero-order valence-electron chi connectivity index (χ0n) is 9.35. The Hall–Kier alpha value is -1.59. The molecule has 1 aromatic heterocycles. The molecule has 0 saturated carbocycles. The number of aliphatic hydroxyl groups excluding tert-OH is 1. The normalized spacial score (nSPS) is 12.5. The molecule has 90 valence electrons. The zero-order valence-corrected chi connectivity index (χ0v) is 10.1. The highest BCUT2D eigenvalue weighted by atomic mass is 35.5. The van der Waals surface area contributed by atoms with Gasteiger partial charge in [-0.15, -0.1) is 0 Å². The van der Waals surface area contributed by atoms with E-state index in [9.17, 15) is 5.11 Å². The number of hydrogen-bond acceptors (Lipinski definition) is 5. The summed E-state index contributed by atoms with van der Waals surface area (Å²) in [4.78, 5) is 4.06. The molecule has 2 aromatic rings. The van der Waals surface area contributed by atoms with Gasteiger partial charge >= 0.3 is 0 Å². The average molecular weight is 255 g/mol. The summed E-state index contributed by atoms with van der Waals surface area (Å²) in [5, 5.41) is 13.5. The summed E-state index contributed by atoms with van der Waals surface area (Å²) >= 11 is 5.90. The average Bonchev–Trinajstić information content (AvgIpc) is 2.78. The maximum Gasteiger partial charge on any atom is 0.261 e. The Morgan fingerprint density at radius 2 is 2.24 bits per heavy atom. The van der Waals surface area contributed by atoms with Gasteiger partial charge < -0.3 is 14.4 Å². The van der Waals surface area contributed by atoms with Crippen LogP contribution in [0.1, 0.15) is 18.9 Å². The van der Waals surface area contributed by atoms with E-state index in [4.69, 9.17) is 20.9 Å². The van der Waals surface area contributed by atoms with Crippen LogP contribution in [0.5, 0.6) is 5.75 Å². The van der Waals surface area contributed by atoms with Crippen LogP contribution >= 0.6 is 11.6 Å². The molecule has 0 saturated heterocycles. The van der Waals surface area contributed by atoms with Crippen LogP contribution in [0.15, 0.2) is 22.7 Å². The first-order chi connectivity index (χ1) is 8.11. The summed E-state index contributed by atoms with van der Waals surface area (Å²) in [7, 11) is 1.54. The second kappa shape index (κ2) is 4.73. The van der Waals surface area contributed by atoms with Crippen LogP contribution in [0.3, 0.4) is 0 Å². The minimum Gasteiger partial charge on any atom is -0.496 e. The third kappa shape index (κ3) is 2.40. The summed E-state index contributed by atoms with van der Waals surface area (Å²) < 4.78 is 10.2. The van der Waals surface area contributed by atoms with E-state index in [-0.39, 0.29) is 11.7 Å². The van der Waals surface area contributed by atoms with E-state index in [1.807, 2.05) is 0 Å². The number of halogens is 1. The van der Waals surface area contributed by atoms with Crippen molar-refractivity contribution in [2.45, 2.75) is 13.0 Å². The van der Waals surface area contributed by atoms with Crippen molar-refractivity contribution in [1.29, 1.82) is 0 Å². The number of benzene rings is 1. The first kappa shape index (κ1) is 11.9. The molecule has 0 aliphatic carbocycles. The number of ether oxygens (including phenoxy) is 1. The van der Waals surface area contributed by atoms with Crippen molar-refractivity contribution in [2.75, 3.05) is 7.11 Å². The van der Waals surface area contributed by atoms with Crippen molar-refractivity contribution in [3.8, 4) is 17.2 Å². The lowest BCUT2D eigenvalue weighted by Gasteiger charge is -2.04. The van der Waals surface area contributed by atoms with Crippen LogP contribution in [0.25, 0.3) is 11.5 Å². The summed E-state index contributed by atoms with van der Waals surface area (Å²) in [5.74, 6) is 1.07. The van der Waals surface area contributed by atoms with Gasteiger partial charge in [0.05, 0.1) is 12.7 Å². The topological polar surface area (TPSA) is 68.4 Å². The molecule has 17 heavy (non-hydrogen) atoms. The van der Waals surface area contributed by atoms with Crippen molar-refractivity contribution in [3.05, 3.63) is 29.0 Å². The molecule has 1 unspecified atom stereocenters. The highest BCUT2D eigenvalue weighted by Crippen LogP contribution is 2.31. The Morgan fingerprint density at radius 1 is 1.47 bits per heavy atom. The van der Waals surface area contributed by atoms with Gasteiger partial charge in [-0.1, -0.05) is 16.8 Å². The van der Waals surface area contributed by atoms with Gasteiger partial charge in [0, 0.05) is 5.02 Å². The van der Waals surface area contributed by atoms with E-state index < -0.39 is 6.10 Å². The molecule has 0 radical (unpaired) electrons. The molecule has 1 atom stereocenters. The monoisotopic (exact) mass is 254 g/mol. The lowest BCUT2D eigenvalue weighted by Crippen LogP contribution is -1.93. The number of methoxy groups -OCH3 is 1. The van der Waals surface area contributed by atoms with E-state index in [2.05, 4.69) is 10.1 Å². The molecule has 0 amide bonds. The molecule has 1 heterocycles. The van der Waals surface area contributed by atoms with Crippen LogP contribution in [0.2, 0.25) is 5.02 Å². The highest BCUT2D eigenvalue weighted by Gasteiger charge is 2.16. The van der Waals surface area contributed by atoms with Crippen molar-refractivity contribution in [1.82, 2.24) is 10.1 Å². The summed E-state index contributed by atoms with van der Waals surface area (Å²) in [6.07, 6.45) is -0.780. The number of hydrogen-bond donors (Lipinski definition) is 1. The second-order valence-electron chi connectivity index (χ2n) is 3.48. The van der Waals surface area contributed by atoms with Gasteiger partial charge in [-0.25, -0.2) is 0 Å². The van der Waals surface area contributed by atoms with E-state index in [1.165, 1.54) is 0 Å². The van der Waals surface area contributed by atoms with Crippen LogP contribution in [0, 0.1) is 0 Å². The molecule has 0 fully saturated rings. The van der Waals surface area contributed by atoms with E-state index in [0.29, 0.717) is 16.3 Å². The predicted octanol–water partition coefficient (Wildman–Crippen LogP) is 2.45. The lowest BCUT2D eigenvalue weighted by molar-refractivity contribution is 0.184. The number of rotatable bonds is 3. The van der Waals surface area contributed by atoms with Gasteiger partial charge in [0.25, 0.3) is 5.89 Å². The SMILES string of the molecule is COc1ccc(Cl)cc1-c1nc(C(C)O)no1. The fourth-order valence-electron chi connectivity index (χ4n) is 1.36. The smallest absolute Gasteiger partial charge is 0.261 e. The minimum absolute atomic E-state index is 0.224. The zero-order chi connectivity index (χ0) is 12.4. The quantitative estimate of drug-likeness (QED) is 0.911. The van der Waals surface area contributed by atoms with Crippen molar-refractivity contribution in [3.63, 3.8) is 0 Å². The van der Waals surface area contributed by atoms with Gasteiger partial charge in [0.2, 0.25) is 0 Å². The Morgan fingerprint density at radius 3 is 2.82 bits per heavy atom. The molecule has 0 aliphatic rings. The van der Waals surface area contributed by atoms with Crippen LogP contribution in [0.4, 0.5) is 0 Å². The maximum absolute atomic E-state index is 9.32. The van der Waals surface area contributed by atoms with Gasteiger partial charge in [0.1, 0.15) is 11.9 Å². The largest absolute Gasteiger partial charge is 0.496 e. The van der Waals surface area contributed by atoms with E-state index in [1.54, 1.807) is 32.2 Å². The van der Waals surface area contributed by atoms with Crippen molar-refractivity contribution >= 4 is 11.6 Å². The summed E-state index contributed by atoms with van der Waals surface area (Å²) in [6.45, 7) is 1.56. The van der Waals surface area contributed by atoms with Crippen molar-refractivity contribution < 1.29 is 14.4 Å². The summed E-state index contributed by atoms with van der Waals surface area (Å²) in [5.41, 5.74) is 0.597. The molecule has 1 aromatic carbocycles. The fraction of sp³-hybridized carbons (Fsp3) is 0.273. The predicted molar refractivity (Wildman–Crippen MR) is 61.9 cm³/mol. The van der Waals surface area contributed by atoms with Gasteiger partial charge in [-0.05, 0) is 25.1 Å². The van der Waals surface area contributed by atoms with Crippen LogP contribution < -0.4 is 4.74 Å². The molecule has 0 spiro atoms. The van der Waals surface area contributed by atoms with E-state index in [0.717, 1.165) is 0 Å². The fourth-order valence-corrected chi connectivity index (χ4v) is 1.53. The van der Waals surface area contributed by atoms with Gasteiger partial charge in [-0.2, -0.15) is 4.98 Å².